The summed E-state index contributed by atoms with van der Waals surface area (Å²) in [7, 11) is 0. The molecule has 0 aromatic heterocycles. The summed E-state index contributed by atoms with van der Waals surface area (Å²) in [5, 5.41) is 6.16. The van der Waals surface area contributed by atoms with Crippen molar-refractivity contribution in [3.05, 3.63) is 71.8 Å². The van der Waals surface area contributed by atoms with Gasteiger partial charge in [0.1, 0.15) is 6.04 Å². The SMILES string of the molecule is CCCCCCCCCC[C@H](CC(N)=O)C(=O)N[C@H](C(=O)NC(c1ccccc1)c1ccccc1)C(C)(C)C. The first kappa shape index (κ1) is 32.1. The standard InChI is InChI=1S/C33H49N3O3/c1-5-6-7-8-9-10-11-14-23-27(24-28(34)37)31(38)36-30(33(2,3)4)32(39)35-29(25-19-15-12-16-20-25)26-21-17-13-18-22-26/h12-13,15-22,27,29-30H,5-11,14,23-24H2,1-4H3,(H2,34,37)(H,35,39)(H,36,38)/t27-,30-/m1/s1. The maximum absolute atomic E-state index is 13.7. The molecule has 0 fully saturated rings. The molecule has 0 aliphatic carbocycles. The minimum absolute atomic E-state index is 0.0164. The molecule has 2 aromatic rings. The molecular weight excluding hydrogens is 486 g/mol. The van der Waals surface area contributed by atoms with Crippen LogP contribution in [0.2, 0.25) is 0 Å². The van der Waals surface area contributed by atoms with Gasteiger partial charge in [-0.25, -0.2) is 0 Å². The lowest BCUT2D eigenvalue weighted by Crippen LogP contribution is -2.55. The van der Waals surface area contributed by atoms with E-state index in [-0.39, 0.29) is 24.3 Å². The summed E-state index contributed by atoms with van der Waals surface area (Å²) in [6, 6.07) is 18.4. The molecule has 0 radical (unpaired) electrons. The summed E-state index contributed by atoms with van der Waals surface area (Å²) in [6.07, 6.45) is 9.80. The van der Waals surface area contributed by atoms with E-state index in [1.165, 1.54) is 32.1 Å². The zero-order valence-corrected chi connectivity index (χ0v) is 24.4. The predicted octanol–water partition coefficient (Wildman–Crippen LogP) is 6.45. The molecule has 0 saturated heterocycles. The van der Waals surface area contributed by atoms with Crippen LogP contribution in [0.1, 0.15) is 109 Å². The zero-order valence-electron chi connectivity index (χ0n) is 24.4. The van der Waals surface area contributed by atoms with Gasteiger partial charge in [-0.05, 0) is 23.0 Å². The number of hydrogen-bond acceptors (Lipinski definition) is 3. The Balaban J connectivity index is 2.10. The molecule has 6 nitrogen and oxygen atoms in total. The Hall–Kier alpha value is -3.15. The molecule has 214 valence electrons. The molecule has 6 heteroatoms. The van der Waals surface area contributed by atoms with Gasteiger partial charge < -0.3 is 16.4 Å². The number of carbonyl (C=O) groups is 3. The highest BCUT2D eigenvalue weighted by Crippen LogP contribution is 2.26. The van der Waals surface area contributed by atoms with Crippen molar-refractivity contribution >= 4 is 17.7 Å². The molecule has 2 atom stereocenters. The van der Waals surface area contributed by atoms with Crippen LogP contribution in [-0.2, 0) is 14.4 Å². The van der Waals surface area contributed by atoms with Crippen molar-refractivity contribution in [2.24, 2.45) is 17.1 Å². The number of rotatable bonds is 17. The van der Waals surface area contributed by atoms with E-state index in [0.717, 1.165) is 30.4 Å². The van der Waals surface area contributed by atoms with Crippen LogP contribution in [0.25, 0.3) is 0 Å². The molecular formula is C33H49N3O3. The lowest BCUT2D eigenvalue weighted by Gasteiger charge is -2.33. The summed E-state index contributed by atoms with van der Waals surface area (Å²) in [6.45, 7) is 8.00. The summed E-state index contributed by atoms with van der Waals surface area (Å²) < 4.78 is 0. The number of primary amides is 1. The summed E-state index contributed by atoms with van der Waals surface area (Å²) in [4.78, 5) is 38.9. The number of hydrogen-bond donors (Lipinski definition) is 3. The summed E-state index contributed by atoms with van der Waals surface area (Å²) >= 11 is 0. The Labute approximate surface area is 235 Å². The van der Waals surface area contributed by atoms with E-state index in [1.54, 1.807) is 0 Å². The average molecular weight is 536 g/mol. The van der Waals surface area contributed by atoms with Gasteiger partial charge in [-0.3, -0.25) is 14.4 Å². The molecule has 0 aliphatic heterocycles. The van der Waals surface area contributed by atoms with Crippen molar-refractivity contribution in [3.63, 3.8) is 0 Å². The second-order valence-electron chi connectivity index (χ2n) is 11.7. The molecule has 0 unspecified atom stereocenters. The van der Waals surface area contributed by atoms with Gasteiger partial charge in [0.2, 0.25) is 17.7 Å². The van der Waals surface area contributed by atoms with Crippen LogP contribution in [0.15, 0.2) is 60.7 Å². The van der Waals surface area contributed by atoms with E-state index in [1.807, 2.05) is 81.4 Å². The van der Waals surface area contributed by atoms with E-state index in [2.05, 4.69) is 17.6 Å². The highest BCUT2D eigenvalue weighted by molar-refractivity contribution is 5.91. The number of benzene rings is 2. The smallest absolute Gasteiger partial charge is 0.243 e. The van der Waals surface area contributed by atoms with Gasteiger partial charge >= 0.3 is 0 Å². The fourth-order valence-electron chi connectivity index (χ4n) is 4.90. The zero-order chi connectivity index (χ0) is 28.7. The third kappa shape index (κ3) is 11.6. The molecule has 0 saturated carbocycles. The molecule has 0 bridgehead atoms. The van der Waals surface area contributed by atoms with E-state index >= 15 is 0 Å². The molecule has 39 heavy (non-hydrogen) atoms. The first-order valence-corrected chi connectivity index (χ1v) is 14.6. The molecule has 0 spiro atoms. The van der Waals surface area contributed by atoms with Crippen molar-refractivity contribution in [1.29, 1.82) is 0 Å². The van der Waals surface area contributed by atoms with Gasteiger partial charge in [0.25, 0.3) is 0 Å². The van der Waals surface area contributed by atoms with Gasteiger partial charge in [0.05, 0.1) is 6.04 Å². The second-order valence-corrected chi connectivity index (χ2v) is 11.7. The molecule has 3 amide bonds. The van der Waals surface area contributed by atoms with E-state index < -0.39 is 23.3 Å². The first-order chi connectivity index (χ1) is 18.6. The fraction of sp³-hybridized carbons (Fsp3) is 0.545. The van der Waals surface area contributed by atoms with Gasteiger partial charge in [-0.15, -0.1) is 0 Å². The number of carbonyl (C=O) groups excluding carboxylic acids is 3. The monoisotopic (exact) mass is 535 g/mol. The second kappa shape index (κ2) is 16.7. The van der Waals surface area contributed by atoms with Gasteiger partial charge in [0.15, 0.2) is 0 Å². The lowest BCUT2D eigenvalue weighted by molar-refractivity contribution is -0.135. The Morgan fingerprint density at radius 2 is 1.21 bits per heavy atom. The van der Waals surface area contributed by atoms with Crippen molar-refractivity contribution in [2.45, 2.75) is 104 Å². The van der Waals surface area contributed by atoms with Crippen LogP contribution < -0.4 is 16.4 Å². The summed E-state index contributed by atoms with van der Waals surface area (Å²) in [5.74, 6) is -1.60. The third-order valence-electron chi connectivity index (χ3n) is 7.19. The molecule has 2 rings (SSSR count). The number of nitrogens with two attached hydrogens (primary N) is 1. The highest BCUT2D eigenvalue weighted by atomic mass is 16.2. The normalized spacial score (nSPS) is 13.1. The van der Waals surface area contributed by atoms with Crippen LogP contribution in [-0.4, -0.2) is 23.8 Å². The van der Waals surface area contributed by atoms with Crippen LogP contribution in [0.3, 0.4) is 0 Å². The van der Waals surface area contributed by atoms with Crippen molar-refractivity contribution in [2.75, 3.05) is 0 Å². The van der Waals surface area contributed by atoms with E-state index in [4.69, 9.17) is 5.73 Å². The maximum atomic E-state index is 13.7. The minimum Gasteiger partial charge on any atom is -0.370 e. The van der Waals surface area contributed by atoms with Crippen LogP contribution in [0.4, 0.5) is 0 Å². The number of unbranched alkanes of at least 4 members (excludes halogenated alkanes) is 7. The van der Waals surface area contributed by atoms with E-state index in [9.17, 15) is 14.4 Å². The third-order valence-corrected chi connectivity index (χ3v) is 7.19. The number of amides is 3. The minimum atomic E-state index is -0.783. The fourth-order valence-corrected chi connectivity index (χ4v) is 4.90. The van der Waals surface area contributed by atoms with E-state index in [0.29, 0.717) is 6.42 Å². The average Bonchev–Trinajstić information content (AvgIpc) is 2.91. The Morgan fingerprint density at radius 3 is 1.67 bits per heavy atom. The van der Waals surface area contributed by atoms with Gasteiger partial charge in [-0.2, -0.15) is 0 Å². The largest absolute Gasteiger partial charge is 0.370 e. The van der Waals surface area contributed by atoms with Crippen LogP contribution in [0, 0.1) is 11.3 Å². The van der Waals surface area contributed by atoms with Crippen molar-refractivity contribution < 1.29 is 14.4 Å². The quantitative estimate of drug-likeness (QED) is 0.203. The predicted molar refractivity (Wildman–Crippen MR) is 159 cm³/mol. The Bertz CT molecular complexity index is 962. The molecule has 0 aliphatic rings. The highest BCUT2D eigenvalue weighted by Gasteiger charge is 2.36. The molecule has 4 N–H and O–H groups in total. The lowest BCUT2D eigenvalue weighted by atomic mass is 9.84. The molecule has 0 heterocycles. The Morgan fingerprint density at radius 1 is 0.718 bits per heavy atom. The van der Waals surface area contributed by atoms with Crippen LogP contribution in [0.5, 0.6) is 0 Å². The Kier molecular flexibility index (Phi) is 13.8. The maximum Gasteiger partial charge on any atom is 0.243 e. The van der Waals surface area contributed by atoms with Gasteiger partial charge in [-0.1, -0.05) is 140 Å². The van der Waals surface area contributed by atoms with Crippen molar-refractivity contribution in [3.8, 4) is 0 Å². The van der Waals surface area contributed by atoms with Crippen molar-refractivity contribution in [1.82, 2.24) is 10.6 Å². The summed E-state index contributed by atoms with van der Waals surface area (Å²) in [5.41, 5.74) is 6.87. The topological polar surface area (TPSA) is 101 Å². The van der Waals surface area contributed by atoms with Gasteiger partial charge in [0, 0.05) is 12.3 Å². The number of nitrogens with one attached hydrogen (secondary N) is 2. The van der Waals surface area contributed by atoms with Crippen LogP contribution >= 0.6 is 0 Å². The molecule has 2 aromatic carbocycles. The first-order valence-electron chi connectivity index (χ1n) is 14.6.